The lowest BCUT2D eigenvalue weighted by Gasteiger charge is -2.25. The van der Waals surface area contributed by atoms with E-state index in [1.807, 2.05) is 22.4 Å². The van der Waals surface area contributed by atoms with Crippen molar-refractivity contribution in [3.05, 3.63) is 51.7 Å². The highest BCUT2D eigenvalue weighted by Crippen LogP contribution is 2.36. The number of nitrogens with zero attached hydrogens (tertiary/aromatic N) is 1. The summed E-state index contributed by atoms with van der Waals surface area (Å²) < 4.78 is 28.2. The number of hydrogen-bond acceptors (Lipinski definition) is 3. The normalized spacial score (nSPS) is 14.6. The summed E-state index contributed by atoms with van der Waals surface area (Å²) in [5.41, 5.74) is 5.97. The van der Waals surface area contributed by atoms with E-state index in [9.17, 15) is 8.78 Å². The van der Waals surface area contributed by atoms with E-state index in [-0.39, 0.29) is 12.1 Å². The minimum absolute atomic E-state index is 0.0113. The fourth-order valence-corrected chi connectivity index (χ4v) is 3.03. The molecule has 1 heterocycles. The topological polar surface area (TPSA) is 29.3 Å². The minimum atomic E-state index is -0.818. The first-order valence-electron chi connectivity index (χ1n) is 6.66. The van der Waals surface area contributed by atoms with E-state index < -0.39 is 11.6 Å². The summed E-state index contributed by atoms with van der Waals surface area (Å²) in [5, 5.41) is 1.99. The van der Waals surface area contributed by atoms with Crippen LogP contribution in [0.1, 0.15) is 23.3 Å². The van der Waals surface area contributed by atoms with Crippen molar-refractivity contribution in [1.82, 2.24) is 0 Å². The van der Waals surface area contributed by atoms with E-state index in [1.54, 1.807) is 23.5 Å². The zero-order valence-electron chi connectivity index (χ0n) is 11.0. The van der Waals surface area contributed by atoms with Gasteiger partial charge in [0.2, 0.25) is 0 Å². The second-order valence-corrected chi connectivity index (χ2v) is 6.05. The molecule has 0 unspecified atom stereocenters. The van der Waals surface area contributed by atoms with Gasteiger partial charge in [-0.2, -0.15) is 0 Å². The molecule has 3 rings (SSSR count). The van der Waals surface area contributed by atoms with Gasteiger partial charge in [-0.25, -0.2) is 8.78 Å². The fourth-order valence-electron chi connectivity index (χ4n) is 2.33. The number of anilines is 1. The summed E-state index contributed by atoms with van der Waals surface area (Å²) in [7, 11) is 0. The molecule has 5 heteroatoms. The third-order valence-electron chi connectivity index (χ3n) is 3.57. The average molecular weight is 294 g/mol. The number of benzene rings is 1. The number of thiophene rings is 1. The van der Waals surface area contributed by atoms with Crippen LogP contribution >= 0.6 is 11.3 Å². The van der Waals surface area contributed by atoms with Gasteiger partial charge >= 0.3 is 0 Å². The zero-order valence-corrected chi connectivity index (χ0v) is 11.8. The largest absolute Gasteiger partial charge is 0.361 e. The van der Waals surface area contributed by atoms with Crippen LogP contribution in [0.15, 0.2) is 29.6 Å². The lowest BCUT2D eigenvalue weighted by atomic mass is 10.1. The van der Waals surface area contributed by atoms with Crippen molar-refractivity contribution in [1.29, 1.82) is 0 Å². The van der Waals surface area contributed by atoms with E-state index >= 15 is 0 Å². The molecule has 2 N–H and O–H groups in total. The van der Waals surface area contributed by atoms with Crippen molar-refractivity contribution in [2.45, 2.75) is 32.0 Å². The van der Waals surface area contributed by atoms with Gasteiger partial charge < -0.3 is 10.6 Å². The van der Waals surface area contributed by atoms with Gasteiger partial charge in [-0.15, -0.1) is 11.3 Å². The van der Waals surface area contributed by atoms with E-state index in [0.29, 0.717) is 18.3 Å². The van der Waals surface area contributed by atoms with Crippen LogP contribution in [0.3, 0.4) is 0 Å². The molecule has 1 fully saturated rings. The standard InChI is InChI=1S/C15H16F2N2S/c16-14-10(8-18)3-6-13(15(14)17)19(11-4-5-11)9-12-2-1-7-20-12/h1-3,6-7,11H,4-5,8-9,18H2. The summed E-state index contributed by atoms with van der Waals surface area (Å²) in [4.78, 5) is 3.12. The number of rotatable bonds is 5. The van der Waals surface area contributed by atoms with E-state index in [4.69, 9.17) is 5.73 Å². The number of hydrogen-bond donors (Lipinski definition) is 1. The summed E-state index contributed by atoms with van der Waals surface area (Å²) in [6, 6.07) is 7.53. The molecule has 0 spiro atoms. The molecular formula is C15H16F2N2S. The molecule has 0 saturated heterocycles. The Morgan fingerprint density at radius 2 is 2.00 bits per heavy atom. The van der Waals surface area contributed by atoms with Crippen LogP contribution in [0.25, 0.3) is 0 Å². The Labute approximate surface area is 120 Å². The number of halogens is 2. The van der Waals surface area contributed by atoms with Gasteiger partial charge in [0, 0.05) is 23.0 Å². The summed E-state index contributed by atoms with van der Waals surface area (Å²) in [5.74, 6) is -1.60. The molecule has 20 heavy (non-hydrogen) atoms. The predicted octanol–water partition coefficient (Wildman–Crippen LogP) is 3.65. The molecule has 0 radical (unpaired) electrons. The molecule has 0 aliphatic heterocycles. The van der Waals surface area contributed by atoms with Crippen LogP contribution in [-0.4, -0.2) is 6.04 Å². The molecule has 106 valence electrons. The molecule has 1 aliphatic rings. The first kappa shape index (κ1) is 13.5. The Bertz CT molecular complexity index is 594. The highest BCUT2D eigenvalue weighted by atomic mass is 32.1. The Balaban J connectivity index is 1.93. The SMILES string of the molecule is NCc1ccc(N(Cc2cccs2)C2CC2)c(F)c1F. The first-order chi connectivity index (χ1) is 9.70. The highest BCUT2D eigenvalue weighted by molar-refractivity contribution is 7.09. The monoisotopic (exact) mass is 294 g/mol. The number of nitrogens with two attached hydrogens (primary N) is 1. The summed E-state index contributed by atoms with van der Waals surface area (Å²) >= 11 is 1.63. The van der Waals surface area contributed by atoms with Crippen molar-refractivity contribution in [2.75, 3.05) is 4.90 Å². The molecule has 1 saturated carbocycles. The van der Waals surface area contributed by atoms with E-state index in [1.165, 1.54) is 0 Å². The second kappa shape index (κ2) is 5.50. The lowest BCUT2D eigenvalue weighted by Crippen LogP contribution is -2.26. The molecule has 0 amide bonds. The van der Waals surface area contributed by atoms with Crippen LogP contribution in [0.5, 0.6) is 0 Å². The minimum Gasteiger partial charge on any atom is -0.361 e. The van der Waals surface area contributed by atoms with Crippen LogP contribution < -0.4 is 10.6 Å². The van der Waals surface area contributed by atoms with Crippen LogP contribution in [-0.2, 0) is 13.1 Å². The molecule has 0 atom stereocenters. The maximum Gasteiger partial charge on any atom is 0.182 e. The van der Waals surface area contributed by atoms with Crippen molar-refractivity contribution in [2.24, 2.45) is 5.73 Å². The van der Waals surface area contributed by atoms with Crippen LogP contribution in [0, 0.1) is 11.6 Å². The van der Waals surface area contributed by atoms with Gasteiger partial charge in [0.15, 0.2) is 11.6 Å². The van der Waals surface area contributed by atoms with Crippen molar-refractivity contribution >= 4 is 17.0 Å². The third-order valence-corrected chi connectivity index (χ3v) is 4.43. The van der Waals surface area contributed by atoms with E-state index in [0.717, 1.165) is 17.7 Å². The predicted molar refractivity (Wildman–Crippen MR) is 77.8 cm³/mol. The lowest BCUT2D eigenvalue weighted by molar-refractivity contribution is 0.496. The summed E-state index contributed by atoms with van der Waals surface area (Å²) in [6.07, 6.45) is 2.07. The molecule has 1 aliphatic carbocycles. The molecular weight excluding hydrogens is 278 g/mol. The molecule has 2 aromatic rings. The van der Waals surface area contributed by atoms with Gasteiger partial charge in [0.1, 0.15) is 0 Å². The van der Waals surface area contributed by atoms with Gasteiger partial charge in [-0.05, 0) is 30.4 Å². The average Bonchev–Trinajstić information content (AvgIpc) is 3.17. The third kappa shape index (κ3) is 2.55. The first-order valence-corrected chi connectivity index (χ1v) is 7.54. The maximum atomic E-state index is 14.2. The van der Waals surface area contributed by atoms with Crippen LogP contribution in [0.4, 0.5) is 14.5 Å². The molecule has 0 bridgehead atoms. The molecule has 1 aromatic heterocycles. The fraction of sp³-hybridized carbons (Fsp3) is 0.333. The quantitative estimate of drug-likeness (QED) is 0.912. The van der Waals surface area contributed by atoms with Gasteiger partial charge in [-0.1, -0.05) is 12.1 Å². The van der Waals surface area contributed by atoms with E-state index in [2.05, 4.69) is 0 Å². The van der Waals surface area contributed by atoms with Gasteiger partial charge in [0.25, 0.3) is 0 Å². The van der Waals surface area contributed by atoms with Crippen molar-refractivity contribution < 1.29 is 8.78 Å². The Hall–Kier alpha value is -1.46. The highest BCUT2D eigenvalue weighted by Gasteiger charge is 2.32. The van der Waals surface area contributed by atoms with Gasteiger partial charge in [-0.3, -0.25) is 0 Å². The van der Waals surface area contributed by atoms with Crippen molar-refractivity contribution in [3.63, 3.8) is 0 Å². The Kier molecular flexibility index (Phi) is 3.72. The van der Waals surface area contributed by atoms with Gasteiger partial charge in [0.05, 0.1) is 12.2 Å². The second-order valence-electron chi connectivity index (χ2n) is 5.01. The Morgan fingerprint density at radius 1 is 1.20 bits per heavy atom. The summed E-state index contributed by atoms with van der Waals surface area (Å²) in [6.45, 7) is 0.637. The van der Waals surface area contributed by atoms with Crippen LogP contribution in [0.2, 0.25) is 0 Å². The molecule has 2 nitrogen and oxygen atoms in total. The smallest absolute Gasteiger partial charge is 0.182 e. The Morgan fingerprint density at radius 3 is 2.60 bits per heavy atom. The van der Waals surface area contributed by atoms with Crippen molar-refractivity contribution in [3.8, 4) is 0 Å². The molecule has 1 aromatic carbocycles. The zero-order chi connectivity index (χ0) is 14.1. The maximum absolute atomic E-state index is 14.2.